The first kappa shape index (κ1) is 17.7. The van der Waals surface area contributed by atoms with Crippen molar-refractivity contribution < 1.29 is 9.50 Å². The summed E-state index contributed by atoms with van der Waals surface area (Å²) in [7, 11) is 0. The fraction of sp³-hybridized carbons (Fsp3) is 0.333. The summed E-state index contributed by atoms with van der Waals surface area (Å²) < 4.78 is 13.1. The molecule has 1 aromatic heterocycles. The number of piperidine rings is 1. The summed E-state index contributed by atoms with van der Waals surface area (Å²) in [6.07, 6.45) is 3.35. The van der Waals surface area contributed by atoms with Gasteiger partial charge in [0.1, 0.15) is 11.6 Å². The molecule has 2 aliphatic heterocycles. The highest BCUT2D eigenvalue weighted by molar-refractivity contribution is 5.79. The highest BCUT2D eigenvalue weighted by atomic mass is 19.1. The summed E-state index contributed by atoms with van der Waals surface area (Å²) in [6.45, 7) is 2.09. The van der Waals surface area contributed by atoms with Crippen LogP contribution < -0.4 is 4.90 Å². The number of pyridine rings is 1. The largest absolute Gasteiger partial charge is 0.361 e. The van der Waals surface area contributed by atoms with Crippen LogP contribution in [0.15, 0.2) is 48.2 Å². The molecule has 0 saturated carbocycles. The number of allylic oxidation sites excluding steroid dienone is 1. The van der Waals surface area contributed by atoms with Crippen molar-refractivity contribution >= 4 is 11.4 Å². The maximum atomic E-state index is 13.1. The number of halogens is 1. The Morgan fingerprint density at radius 1 is 1.11 bits per heavy atom. The number of likely N-dealkylation sites (tertiary alicyclic amines) is 1. The van der Waals surface area contributed by atoms with E-state index in [9.17, 15) is 14.8 Å². The van der Waals surface area contributed by atoms with Crippen molar-refractivity contribution in [1.82, 2.24) is 9.88 Å². The molecule has 1 saturated heterocycles. The van der Waals surface area contributed by atoms with E-state index in [0.717, 1.165) is 35.5 Å². The molecule has 0 radical (unpaired) electrons. The second kappa shape index (κ2) is 7.47. The van der Waals surface area contributed by atoms with Crippen molar-refractivity contribution in [3.8, 4) is 6.07 Å². The number of aromatic nitrogens is 1. The SMILES string of the molecule is N#CC(=C1CCN(C(O)N2CCc3cccnc32)CC1)c1ccc(F)cc1. The second-order valence-electron chi connectivity index (χ2n) is 6.91. The van der Waals surface area contributed by atoms with Gasteiger partial charge in [0.05, 0.1) is 11.6 Å². The zero-order chi connectivity index (χ0) is 18.8. The van der Waals surface area contributed by atoms with Crippen molar-refractivity contribution in [1.29, 1.82) is 5.26 Å². The Morgan fingerprint density at radius 2 is 1.85 bits per heavy atom. The Bertz CT molecular complexity index is 893. The molecule has 27 heavy (non-hydrogen) atoms. The first-order chi connectivity index (χ1) is 13.2. The number of benzene rings is 1. The maximum absolute atomic E-state index is 13.1. The van der Waals surface area contributed by atoms with Crippen molar-refractivity contribution in [2.24, 2.45) is 0 Å². The first-order valence-electron chi connectivity index (χ1n) is 9.18. The molecule has 0 spiro atoms. The van der Waals surface area contributed by atoms with Crippen LogP contribution in [0.5, 0.6) is 0 Å². The average Bonchev–Trinajstić information content (AvgIpc) is 3.14. The number of hydrogen-bond donors (Lipinski definition) is 1. The van der Waals surface area contributed by atoms with E-state index in [4.69, 9.17) is 0 Å². The topological polar surface area (TPSA) is 63.4 Å². The van der Waals surface area contributed by atoms with Gasteiger partial charge in [-0.15, -0.1) is 0 Å². The number of rotatable bonds is 3. The zero-order valence-corrected chi connectivity index (χ0v) is 15.0. The van der Waals surface area contributed by atoms with E-state index in [1.165, 1.54) is 12.1 Å². The fourth-order valence-electron chi connectivity index (χ4n) is 3.89. The lowest BCUT2D eigenvalue weighted by Crippen LogP contribution is -2.50. The van der Waals surface area contributed by atoms with Gasteiger partial charge in [-0.2, -0.15) is 5.26 Å². The van der Waals surface area contributed by atoms with E-state index in [-0.39, 0.29) is 5.82 Å². The molecule has 0 bridgehead atoms. The molecule has 1 N–H and O–H groups in total. The van der Waals surface area contributed by atoms with Crippen molar-refractivity contribution in [3.63, 3.8) is 0 Å². The molecule has 1 atom stereocenters. The van der Waals surface area contributed by atoms with Crippen LogP contribution in [0.25, 0.3) is 5.57 Å². The molecular formula is C21H21FN4O. The van der Waals surface area contributed by atoms with Crippen LogP contribution in [0.3, 0.4) is 0 Å². The number of fused-ring (bicyclic) bond motifs is 1. The van der Waals surface area contributed by atoms with Gasteiger partial charge in [0, 0.05) is 25.8 Å². The Morgan fingerprint density at radius 3 is 2.56 bits per heavy atom. The van der Waals surface area contributed by atoms with Crippen molar-refractivity contribution in [2.45, 2.75) is 25.6 Å². The molecular weight excluding hydrogens is 343 g/mol. The number of nitriles is 1. The van der Waals surface area contributed by atoms with Crippen LogP contribution in [-0.2, 0) is 6.42 Å². The molecule has 0 amide bonds. The van der Waals surface area contributed by atoms with E-state index in [2.05, 4.69) is 11.1 Å². The summed E-state index contributed by atoms with van der Waals surface area (Å²) in [5.41, 5.74) is 3.60. The van der Waals surface area contributed by atoms with E-state index < -0.39 is 6.35 Å². The third-order valence-corrected chi connectivity index (χ3v) is 5.37. The smallest absolute Gasteiger partial charge is 0.187 e. The third kappa shape index (κ3) is 3.44. The minimum Gasteiger partial charge on any atom is -0.361 e. The van der Waals surface area contributed by atoms with Crippen LogP contribution in [0.4, 0.5) is 10.2 Å². The fourth-order valence-corrected chi connectivity index (χ4v) is 3.89. The summed E-state index contributed by atoms with van der Waals surface area (Å²) in [5.74, 6) is 0.550. The molecule has 4 rings (SSSR count). The Balaban J connectivity index is 1.47. The van der Waals surface area contributed by atoms with E-state index >= 15 is 0 Å². The summed E-state index contributed by atoms with van der Waals surface area (Å²) in [4.78, 5) is 8.38. The van der Waals surface area contributed by atoms with E-state index in [0.29, 0.717) is 31.5 Å². The van der Waals surface area contributed by atoms with Gasteiger partial charge in [-0.1, -0.05) is 18.2 Å². The van der Waals surface area contributed by atoms with Crippen molar-refractivity contribution in [2.75, 3.05) is 24.5 Å². The molecule has 138 valence electrons. The van der Waals surface area contributed by atoms with E-state index in [1.807, 2.05) is 21.9 Å². The lowest BCUT2D eigenvalue weighted by Gasteiger charge is -2.37. The van der Waals surface area contributed by atoms with Crippen molar-refractivity contribution in [3.05, 3.63) is 65.1 Å². The molecule has 0 aliphatic carbocycles. The Hall–Kier alpha value is -2.75. The summed E-state index contributed by atoms with van der Waals surface area (Å²) >= 11 is 0. The van der Waals surface area contributed by atoms with Gasteiger partial charge in [-0.25, -0.2) is 9.37 Å². The maximum Gasteiger partial charge on any atom is 0.187 e. The van der Waals surface area contributed by atoms with Crippen LogP contribution in [-0.4, -0.2) is 41.0 Å². The number of aliphatic hydroxyl groups is 1. The van der Waals surface area contributed by atoms with Crippen LogP contribution in [0.2, 0.25) is 0 Å². The van der Waals surface area contributed by atoms with Gasteiger partial charge in [0.25, 0.3) is 0 Å². The minimum atomic E-state index is -0.709. The number of anilines is 1. The molecule has 6 heteroatoms. The predicted molar refractivity (Wildman–Crippen MR) is 101 cm³/mol. The molecule has 1 fully saturated rings. The zero-order valence-electron chi connectivity index (χ0n) is 15.0. The number of hydrogen-bond acceptors (Lipinski definition) is 5. The summed E-state index contributed by atoms with van der Waals surface area (Å²) in [6, 6.07) is 12.3. The highest BCUT2D eigenvalue weighted by Gasteiger charge is 2.31. The lowest BCUT2D eigenvalue weighted by atomic mass is 9.94. The molecule has 2 aliphatic rings. The summed E-state index contributed by atoms with van der Waals surface area (Å²) in [5, 5.41) is 20.4. The second-order valence-corrected chi connectivity index (χ2v) is 6.91. The first-order valence-corrected chi connectivity index (χ1v) is 9.18. The monoisotopic (exact) mass is 364 g/mol. The van der Waals surface area contributed by atoms with Crippen LogP contribution in [0.1, 0.15) is 24.0 Å². The third-order valence-electron chi connectivity index (χ3n) is 5.37. The molecule has 3 heterocycles. The lowest BCUT2D eigenvalue weighted by molar-refractivity contribution is -0.00227. The van der Waals surface area contributed by atoms with Gasteiger partial charge >= 0.3 is 0 Å². The normalized spacial score (nSPS) is 18.1. The van der Waals surface area contributed by atoms with Gasteiger partial charge in [0.2, 0.25) is 0 Å². The quantitative estimate of drug-likeness (QED) is 0.849. The molecule has 1 unspecified atom stereocenters. The van der Waals surface area contributed by atoms with Gasteiger partial charge in [0.15, 0.2) is 6.35 Å². The molecule has 5 nitrogen and oxygen atoms in total. The minimum absolute atomic E-state index is 0.307. The van der Waals surface area contributed by atoms with Gasteiger partial charge < -0.3 is 10.0 Å². The van der Waals surface area contributed by atoms with Crippen LogP contribution in [0, 0.1) is 17.1 Å². The Kier molecular flexibility index (Phi) is 4.88. The number of nitrogens with zero attached hydrogens (tertiary/aromatic N) is 4. The number of aliphatic hydroxyl groups excluding tert-OH is 1. The predicted octanol–water partition coefficient (Wildman–Crippen LogP) is 2.93. The van der Waals surface area contributed by atoms with Gasteiger partial charge in [-0.3, -0.25) is 4.90 Å². The Labute approximate surface area is 158 Å². The van der Waals surface area contributed by atoms with Crippen LogP contribution >= 0.6 is 0 Å². The van der Waals surface area contributed by atoms with Gasteiger partial charge in [-0.05, 0) is 54.2 Å². The average molecular weight is 364 g/mol. The van der Waals surface area contributed by atoms with E-state index in [1.54, 1.807) is 18.3 Å². The molecule has 2 aromatic rings. The standard InChI is InChI=1S/C21H21FN4O/c22-18-5-3-15(4-6-18)19(14-23)16-7-11-25(12-8-16)21(27)26-13-9-17-2-1-10-24-20(17)26/h1-6,10,21,27H,7-9,11-13H2. The highest BCUT2D eigenvalue weighted by Crippen LogP contribution is 2.31. The molecule has 1 aromatic carbocycles.